The molecule has 0 saturated carbocycles. The Morgan fingerprint density at radius 1 is 0.313 bits per heavy atom. The molecule has 0 amide bonds. The highest BCUT2D eigenvalue weighted by molar-refractivity contribution is 5.71. The number of rotatable bonds is 51. The van der Waals surface area contributed by atoms with Crippen LogP contribution in [0.3, 0.4) is 0 Å². The van der Waals surface area contributed by atoms with E-state index in [0.29, 0.717) is 19.3 Å². The van der Waals surface area contributed by atoms with Gasteiger partial charge in [-0.05, 0) is 103 Å². The standard InChI is InChI=1S/C61H106O6/c1-4-7-10-13-16-19-22-25-27-28-29-30-31-32-34-36-39-42-45-48-51-54-60(63)66-57-58(56-65-59(62)53-50-47-44-41-38-35-24-21-18-15-12-9-6-3)67-61(64)55-52-49-46-43-40-37-33-26-23-20-17-14-11-8-5-2/h8,11-12,15,17,20-21,24,26,28-29,33,58H,4-7,9-10,13-14,16,18-19,22-23,25,27,30-32,34-57H2,1-3H3/b11-8-,15-12-,20-17-,24-21-,29-28-,33-26-. The molecule has 0 rings (SSSR count). The van der Waals surface area contributed by atoms with Crippen LogP contribution in [0.25, 0.3) is 0 Å². The Kier molecular flexibility index (Phi) is 52.8. The van der Waals surface area contributed by atoms with Gasteiger partial charge in [-0.1, -0.05) is 229 Å². The van der Waals surface area contributed by atoms with Gasteiger partial charge in [0.05, 0.1) is 0 Å². The first-order chi connectivity index (χ1) is 33.0. The maximum atomic E-state index is 12.8. The summed E-state index contributed by atoms with van der Waals surface area (Å²) < 4.78 is 16.8. The fraction of sp³-hybridized carbons (Fsp3) is 0.754. The molecule has 0 N–H and O–H groups in total. The average molecular weight is 936 g/mol. The first-order valence-corrected chi connectivity index (χ1v) is 28.4. The lowest BCUT2D eigenvalue weighted by Gasteiger charge is -2.18. The fourth-order valence-corrected chi connectivity index (χ4v) is 7.90. The second-order valence-electron chi connectivity index (χ2n) is 18.8. The Hall–Kier alpha value is -3.15. The van der Waals surface area contributed by atoms with Crippen molar-refractivity contribution in [2.45, 2.75) is 284 Å². The third-order valence-electron chi connectivity index (χ3n) is 12.1. The number of carbonyl (C=O) groups is 3. The lowest BCUT2D eigenvalue weighted by Crippen LogP contribution is -2.30. The van der Waals surface area contributed by atoms with E-state index in [1.165, 1.54) is 109 Å². The Balaban J connectivity index is 4.35. The highest BCUT2D eigenvalue weighted by Crippen LogP contribution is 2.15. The molecule has 0 saturated heterocycles. The van der Waals surface area contributed by atoms with E-state index in [0.717, 1.165) is 128 Å². The van der Waals surface area contributed by atoms with Crippen LogP contribution < -0.4 is 0 Å². The third kappa shape index (κ3) is 53.7. The van der Waals surface area contributed by atoms with Crippen molar-refractivity contribution in [3.63, 3.8) is 0 Å². The van der Waals surface area contributed by atoms with E-state index < -0.39 is 6.10 Å². The summed E-state index contributed by atoms with van der Waals surface area (Å²) in [6, 6.07) is 0. The number of ether oxygens (including phenoxy) is 3. The molecule has 0 aromatic rings. The molecular weight excluding hydrogens is 829 g/mol. The molecule has 1 atom stereocenters. The summed E-state index contributed by atoms with van der Waals surface area (Å²) in [4.78, 5) is 38.1. The topological polar surface area (TPSA) is 78.9 Å². The molecular formula is C61H106O6. The molecule has 6 nitrogen and oxygen atoms in total. The molecule has 6 heteroatoms. The molecule has 0 aliphatic rings. The van der Waals surface area contributed by atoms with Gasteiger partial charge in [-0.3, -0.25) is 14.4 Å². The Morgan fingerprint density at radius 2 is 0.612 bits per heavy atom. The van der Waals surface area contributed by atoms with Gasteiger partial charge in [-0.15, -0.1) is 0 Å². The SMILES string of the molecule is CC/C=C\C/C=C\C/C=C\CCCCCCCC(=O)OC(COC(=O)CCCCCCC/C=C\C/C=C\CCC)COC(=O)CCCCCCCCCCC/C=C\CCCCCCCCCC. The molecule has 0 aromatic carbocycles. The molecule has 0 radical (unpaired) electrons. The second kappa shape index (κ2) is 55.4. The largest absolute Gasteiger partial charge is 0.462 e. The lowest BCUT2D eigenvalue weighted by molar-refractivity contribution is -0.167. The molecule has 0 heterocycles. The van der Waals surface area contributed by atoms with Crippen molar-refractivity contribution in [2.24, 2.45) is 0 Å². The molecule has 0 aliphatic heterocycles. The van der Waals surface area contributed by atoms with Crippen molar-refractivity contribution >= 4 is 17.9 Å². The molecule has 0 bridgehead atoms. The second-order valence-corrected chi connectivity index (χ2v) is 18.8. The maximum Gasteiger partial charge on any atom is 0.306 e. The van der Waals surface area contributed by atoms with Crippen molar-refractivity contribution < 1.29 is 28.6 Å². The summed E-state index contributed by atoms with van der Waals surface area (Å²) in [5.74, 6) is -0.916. The van der Waals surface area contributed by atoms with E-state index >= 15 is 0 Å². The highest BCUT2D eigenvalue weighted by Gasteiger charge is 2.19. The van der Waals surface area contributed by atoms with Gasteiger partial charge < -0.3 is 14.2 Å². The summed E-state index contributed by atoms with van der Waals surface area (Å²) in [5, 5.41) is 0. The van der Waals surface area contributed by atoms with Gasteiger partial charge in [0, 0.05) is 19.3 Å². The molecule has 0 aromatic heterocycles. The van der Waals surface area contributed by atoms with Crippen LogP contribution >= 0.6 is 0 Å². The third-order valence-corrected chi connectivity index (χ3v) is 12.1. The molecule has 1 unspecified atom stereocenters. The summed E-state index contributed by atoms with van der Waals surface area (Å²) in [7, 11) is 0. The Labute approximate surface area is 414 Å². The van der Waals surface area contributed by atoms with Crippen LogP contribution in [0.1, 0.15) is 278 Å². The average Bonchev–Trinajstić information content (AvgIpc) is 3.33. The minimum absolute atomic E-state index is 0.0877. The van der Waals surface area contributed by atoms with Crippen LogP contribution in [0.15, 0.2) is 72.9 Å². The number of carbonyl (C=O) groups excluding carboxylic acids is 3. The monoisotopic (exact) mass is 935 g/mol. The summed E-state index contributed by atoms with van der Waals surface area (Å²) >= 11 is 0. The Morgan fingerprint density at radius 3 is 0.985 bits per heavy atom. The zero-order valence-corrected chi connectivity index (χ0v) is 44.2. The van der Waals surface area contributed by atoms with Gasteiger partial charge in [0.1, 0.15) is 13.2 Å². The zero-order chi connectivity index (χ0) is 48.6. The number of hydrogen-bond donors (Lipinski definition) is 0. The van der Waals surface area contributed by atoms with Gasteiger partial charge in [-0.2, -0.15) is 0 Å². The van der Waals surface area contributed by atoms with E-state index in [2.05, 4.69) is 93.7 Å². The fourth-order valence-electron chi connectivity index (χ4n) is 7.90. The van der Waals surface area contributed by atoms with E-state index in [4.69, 9.17) is 14.2 Å². The van der Waals surface area contributed by atoms with Gasteiger partial charge in [0.25, 0.3) is 0 Å². The van der Waals surface area contributed by atoms with Crippen LogP contribution in [0, 0.1) is 0 Å². The summed E-state index contributed by atoms with van der Waals surface area (Å²) in [5.41, 5.74) is 0. The van der Waals surface area contributed by atoms with Gasteiger partial charge >= 0.3 is 17.9 Å². The molecule has 0 spiro atoms. The van der Waals surface area contributed by atoms with Crippen molar-refractivity contribution in [2.75, 3.05) is 13.2 Å². The Bertz CT molecular complexity index is 1260. The zero-order valence-electron chi connectivity index (χ0n) is 44.2. The number of hydrogen-bond acceptors (Lipinski definition) is 6. The predicted octanol–water partition coefficient (Wildman–Crippen LogP) is 19.0. The quantitative estimate of drug-likeness (QED) is 0.0262. The van der Waals surface area contributed by atoms with Crippen molar-refractivity contribution in [1.29, 1.82) is 0 Å². The van der Waals surface area contributed by atoms with E-state index in [9.17, 15) is 14.4 Å². The van der Waals surface area contributed by atoms with E-state index in [1.54, 1.807) is 0 Å². The summed E-state index contributed by atoms with van der Waals surface area (Å²) in [6.45, 7) is 6.45. The highest BCUT2D eigenvalue weighted by atomic mass is 16.6. The van der Waals surface area contributed by atoms with Gasteiger partial charge in [0.15, 0.2) is 6.10 Å². The number of esters is 3. The van der Waals surface area contributed by atoms with Crippen molar-refractivity contribution in [1.82, 2.24) is 0 Å². The van der Waals surface area contributed by atoms with Crippen LogP contribution in [0.2, 0.25) is 0 Å². The molecule has 0 fully saturated rings. The number of allylic oxidation sites excluding steroid dienone is 12. The van der Waals surface area contributed by atoms with Crippen LogP contribution in [0.5, 0.6) is 0 Å². The minimum atomic E-state index is -0.791. The smallest absolute Gasteiger partial charge is 0.306 e. The van der Waals surface area contributed by atoms with E-state index in [1.807, 2.05) is 0 Å². The van der Waals surface area contributed by atoms with Crippen LogP contribution in [-0.2, 0) is 28.6 Å². The summed E-state index contributed by atoms with van der Waals surface area (Å²) in [6.07, 6.45) is 70.4. The minimum Gasteiger partial charge on any atom is -0.462 e. The first-order valence-electron chi connectivity index (χ1n) is 28.4. The van der Waals surface area contributed by atoms with Gasteiger partial charge in [-0.25, -0.2) is 0 Å². The molecule has 0 aliphatic carbocycles. The van der Waals surface area contributed by atoms with Crippen molar-refractivity contribution in [3.8, 4) is 0 Å². The molecule has 386 valence electrons. The number of unbranched alkanes of at least 4 members (excludes halogenated alkanes) is 28. The maximum absolute atomic E-state index is 12.8. The first kappa shape index (κ1) is 63.8. The lowest BCUT2D eigenvalue weighted by atomic mass is 10.1. The van der Waals surface area contributed by atoms with Crippen LogP contribution in [0.4, 0.5) is 0 Å². The molecule has 67 heavy (non-hydrogen) atoms. The van der Waals surface area contributed by atoms with Crippen LogP contribution in [-0.4, -0.2) is 37.2 Å². The normalized spacial score (nSPS) is 12.6. The van der Waals surface area contributed by atoms with Crippen molar-refractivity contribution in [3.05, 3.63) is 72.9 Å². The van der Waals surface area contributed by atoms with Gasteiger partial charge in [0.2, 0.25) is 0 Å². The predicted molar refractivity (Wildman–Crippen MR) is 288 cm³/mol. The van der Waals surface area contributed by atoms with E-state index in [-0.39, 0.29) is 31.1 Å².